The van der Waals surface area contributed by atoms with E-state index in [0.29, 0.717) is 10.8 Å². The van der Waals surface area contributed by atoms with Crippen LogP contribution in [0.2, 0.25) is 5.02 Å². The maximum Gasteiger partial charge on any atom is 0.197 e. The predicted octanol–water partition coefficient (Wildman–Crippen LogP) is 1.96. The first-order valence-electron chi connectivity index (χ1n) is 6.73. The van der Waals surface area contributed by atoms with E-state index in [9.17, 15) is 0 Å². The number of hydrogen-bond donors (Lipinski definition) is 1. The summed E-state index contributed by atoms with van der Waals surface area (Å²) in [5.41, 5.74) is 0.794. The van der Waals surface area contributed by atoms with Gasteiger partial charge in [0.05, 0.1) is 11.7 Å². The molecule has 2 aromatic rings. The van der Waals surface area contributed by atoms with Crippen LogP contribution < -0.4 is 5.32 Å². The summed E-state index contributed by atoms with van der Waals surface area (Å²) in [6.07, 6.45) is 2.04. The first-order chi connectivity index (χ1) is 10.2. The molecule has 1 aliphatic rings. The molecule has 110 valence electrons. The van der Waals surface area contributed by atoms with Gasteiger partial charge in [-0.3, -0.25) is 0 Å². The molecule has 0 aliphatic carbocycles. The Labute approximate surface area is 133 Å². The van der Waals surface area contributed by atoms with E-state index < -0.39 is 0 Å². The molecular formula is C13H15ClN6S. The van der Waals surface area contributed by atoms with Crippen LogP contribution in [0.25, 0.3) is 5.69 Å². The molecule has 0 spiro atoms. The minimum atomic E-state index is 0.0814. The average molecular weight is 323 g/mol. The Hall–Kier alpha value is -1.73. The fourth-order valence-corrected chi connectivity index (χ4v) is 2.89. The van der Waals surface area contributed by atoms with Crippen LogP contribution in [0.15, 0.2) is 24.3 Å². The van der Waals surface area contributed by atoms with Crippen LogP contribution >= 0.6 is 23.8 Å². The number of tetrazole rings is 1. The molecule has 0 amide bonds. The number of halogens is 1. The molecule has 1 aromatic carbocycles. The second kappa shape index (κ2) is 5.95. The minimum Gasteiger partial charge on any atom is -0.366 e. The molecule has 0 bridgehead atoms. The summed E-state index contributed by atoms with van der Waals surface area (Å²) < 4.78 is 0. The summed E-state index contributed by atoms with van der Waals surface area (Å²) >= 11 is 11.3. The fourth-order valence-electron chi connectivity index (χ4n) is 2.49. The van der Waals surface area contributed by atoms with Crippen molar-refractivity contribution in [3.8, 4) is 5.69 Å². The molecule has 1 saturated heterocycles. The van der Waals surface area contributed by atoms with Gasteiger partial charge in [-0.05, 0) is 48.5 Å². The molecule has 8 heteroatoms. The number of hydrogen-bond acceptors (Lipinski definition) is 4. The Balaban J connectivity index is 1.86. The Morgan fingerprint density at radius 3 is 3.10 bits per heavy atom. The van der Waals surface area contributed by atoms with E-state index >= 15 is 0 Å². The summed E-state index contributed by atoms with van der Waals surface area (Å²) in [6, 6.07) is 7.45. The van der Waals surface area contributed by atoms with E-state index in [1.165, 1.54) is 4.80 Å². The van der Waals surface area contributed by atoms with Crippen molar-refractivity contribution in [3.63, 3.8) is 0 Å². The Morgan fingerprint density at radius 1 is 1.48 bits per heavy atom. The van der Waals surface area contributed by atoms with Gasteiger partial charge in [0.1, 0.15) is 0 Å². The SMILES string of the molecule is CNC(=S)N1CCCC1c1nnn(-c2cccc(Cl)c2)n1. The molecule has 0 saturated carbocycles. The van der Waals surface area contributed by atoms with Crippen LogP contribution in [0.1, 0.15) is 24.7 Å². The van der Waals surface area contributed by atoms with E-state index in [1.807, 2.05) is 25.2 Å². The highest BCUT2D eigenvalue weighted by atomic mass is 35.5. The highest BCUT2D eigenvalue weighted by Crippen LogP contribution is 2.29. The third-order valence-corrected chi connectivity index (χ3v) is 4.17. The summed E-state index contributed by atoms with van der Waals surface area (Å²) in [6.45, 7) is 0.913. The third-order valence-electron chi connectivity index (χ3n) is 3.49. The lowest BCUT2D eigenvalue weighted by Crippen LogP contribution is -2.37. The van der Waals surface area contributed by atoms with Crippen LogP contribution in [0.3, 0.4) is 0 Å². The number of nitrogens with zero attached hydrogens (tertiary/aromatic N) is 5. The highest BCUT2D eigenvalue weighted by Gasteiger charge is 2.31. The van der Waals surface area contributed by atoms with Gasteiger partial charge in [-0.2, -0.15) is 0 Å². The fraction of sp³-hybridized carbons (Fsp3) is 0.385. The monoisotopic (exact) mass is 322 g/mol. The van der Waals surface area contributed by atoms with Crippen LogP contribution in [0.5, 0.6) is 0 Å². The number of rotatable bonds is 2. The van der Waals surface area contributed by atoms with Crippen molar-refractivity contribution in [2.24, 2.45) is 0 Å². The van der Waals surface area contributed by atoms with Crippen molar-refractivity contribution in [1.82, 2.24) is 30.4 Å². The van der Waals surface area contributed by atoms with Gasteiger partial charge in [0.15, 0.2) is 10.9 Å². The summed E-state index contributed by atoms with van der Waals surface area (Å²) in [5, 5.41) is 17.1. The second-order valence-electron chi connectivity index (χ2n) is 4.82. The molecule has 0 radical (unpaired) electrons. The normalized spacial score (nSPS) is 18.0. The molecule has 1 fully saturated rings. The van der Waals surface area contributed by atoms with Crippen molar-refractivity contribution in [3.05, 3.63) is 35.1 Å². The summed E-state index contributed by atoms with van der Waals surface area (Å²) in [7, 11) is 1.83. The maximum absolute atomic E-state index is 5.99. The van der Waals surface area contributed by atoms with E-state index in [2.05, 4.69) is 25.6 Å². The predicted molar refractivity (Wildman–Crippen MR) is 84.5 cm³/mol. The molecule has 1 unspecified atom stereocenters. The molecule has 1 aliphatic heterocycles. The molecule has 6 nitrogen and oxygen atoms in total. The number of thiocarbonyl (C=S) groups is 1. The smallest absolute Gasteiger partial charge is 0.197 e. The zero-order chi connectivity index (χ0) is 14.8. The van der Waals surface area contributed by atoms with Gasteiger partial charge in [0.2, 0.25) is 0 Å². The number of aromatic nitrogens is 4. The maximum atomic E-state index is 5.99. The lowest BCUT2D eigenvalue weighted by molar-refractivity contribution is 0.380. The van der Waals surface area contributed by atoms with Gasteiger partial charge >= 0.3 is 0 Å². The van der Waals surface area contributed by atoms with Gasteiger partial charge in [-0.15, -0.1) is 15.0 Å². The standard InChI is InChI=1S/C13H15ClN6S/c1-15-13(21)19-7-3-6-11(19)12-16-18-20(17-12)10-5-2-4-9(14)8-10/h2,4-5,8,11H,3,6-7H2,1H3,(H,15,21). The summed E-state index contributed by atoms with van der Waals surface area (Å²) in [5.74, 6) is 0.685. The lowest BCUT2D eigenvalue weighted by Gasteiger charge is -2.24. The molecule has 21 heavy (non-hydrogen) atoms. The van der Waals surface area contributed by atoms with E-state index in [1.54, 1.807) is 6.07 Å². The molecule has 1 atom stereocenters. The van der Waals surface area contributed by atoms with Gasteiger partial charge < -0.3 is 10.2 Å². The Kier molecular flexibility index (Phi) is 4.03. The number of likely N-dealkylation sites (tertiary alicyclic amines) is 1. The molecule has 3 rings (SSSR count). The van der Waals surface area contributed by atoms with E-state index in [-0.39, 0.29) is 6.04 Å². The molecule has 1 aromatic heterocycles. The van der Waals surface area contributed by atoms with Crippen LogP contribution in [0.4, 0.5) is 0 Å². The van der Waals surface area contributed by atoms with Crippen LogP contribution in [0, 0.1) is 0 Å². The first-order valence-corrected chi connectivity index (χ1v) is 7.52. The van der Waals surface area contributed by atoms with Crippen molar-refractivity contribution in [1.29, 1.82) is 0 Å². The van der Waals surface area contributed by atoms with Crippen LogP contribution in [-0.2, 0) is 0 Å². The molecule has 2 heterocycles. The highest BCUT2D eigenvalue weighted by molar-refractivity contribution is 7.80. The minimum absolute atomic E-state index is 0.0814. The third kappa shape index (κ3) is 2.84. The number of nitrogens with one attached hydrogen (secondary N) is 1. The van der Waals surface area contributed by atoms with Gasteiger partial charge in [0, 0.05) is 18.6 Å². The summed E-state index contributed by atoms with van der Waals surface area (Å²) in [4.78, 5) is 3.61. The van der Waals surface area contributed by atoms with Crippen molar-refractivity contribution >= 4 is 28.9 Å². The first kappa shape index (κ1) is 14.2. The zero-order valence-electron chi connectivity index (χ0n) is 11.5. The molecular weight excluding hydrogens is 308 g/mol. The average Bonchev–Trinajstić information content (AvgIpc) is 3.15. The second-order valence-corrected chi connectivity index (χ2v) is 5.65. The van der Waals surface area contributed by atoms with Crippen LogP contribution in [-0.4, -0.2) is 43.8 Å². The van der Waals surface area contributed by atoms with Crippen molar-refractivity contribution in [2.75, 3.05) is 13.6 Å². The lowest BCUT2D eigenvalue weighted by atomic mass is 10.2. The van der Waals surface area contributed by atoms with Gasteiger partial charge in [-0.25, -0.2) is 0 Å². The van der Waals surface area contributed by atoms with Gasteiger partial charge in [0.25, 0.3) is 0 Å². The molecule has 1 N–H and O–H groups in total. The Bertz CT molecular complexity index is 658. The van der Waals surface area contributed by atoms with Gasteiger partial charge in [-0.1, -0.05) is 17.7 Å². The topological polar surface area (TPSA) is 58.9 Å². The zero-order valence-corrected chi connectivity index (χ0v) is 13.1. The number of benzene rings is 1. The van der Waals surface area contributed by atoms with E-state index in [0.717, 1.165) is 30.2 Å². The van der Waals surface area contributed by atoms with Crippen molar-refractivity contribution in [2.45, 2.75) is 18.9 Å². The largest absolute Gasteiger partial charge is 0.366 e. The quantitative estimate of drug-likeness (QED) is 0.853. The van der Waals surface area contributed by atoms with Crippen molar-refractivity contribution < 1.29 is 0 Å². The Morgan fingerprint density at radius 2 is 2.33 bits per heavy atom. The van der Waals surface area contributed by atoms with E-state index in [4.69, 9.17) is 23.8 Å².